The van der Waals surface area contributed by atoms with Gasteiger partial charge >= 0.3 is 12.9 Å². The van der Waals surface area contributed by atoms with Crippen LogP contribution in [0.3, 0.4) is 0 Å². The molecule has 0 aliphatic rings. The van der Waals surface area contributed by atoms with E-state index in [1.165, 1.54) is 14.0 Å². The summed E-state index contributed by atoms with van der Waals surface area (Å²) in [6, 6.07) is 0.569. The minimum atomic E-state index is -2.50. The quantitative estimate of drug-likeness (QED) is 0.314. The first-order chi connectivity index (χ1) is 5.48. The van der Waals surface area contributed by atoms with Gasteiger partial charge in [-0.1, -0.05) is 0 Å². The van der Waals surface area contributed by atoms with Crippen LogP contribution >= 0.6 is 22.2 Å². The summed E-state index contributed by atoms with van der Waals surface area (Å²) in [5.74, 6) is -0.288. The predicted octanol–water partition coefficient (Wildman–Crippen LogP) is 2.00. The highest BCUT2D eigenvalue weighted by Crippen LogP contribution is 2.22. The van der Waals surface area contributed by atoms with E-state index < -0.39 is 6.94 Å². The minimum Gasteiger partial charge on any atom is -0.466 e. The second kappa shape index (κ2) is 5.80. The van der Waals surface area contributed by atoms with Gasteiger partial charge in [-0.25, -0.2) is 0 Å². The Morgan fingerprint density at radius 2 is 2.08 bits per heavy atom. The van der Waals surface area contributed by atoms with Gasteiger partial charge in [0.1, 0.15) is 0 Å². The molecule has 12 heavy (non-hydrogen) atoms. The molecular weight excluding hydrogens is 219 g/mol. The van der Waals surface area contributed by atoms with E-state index in [9.17, 15) is 4.79 Å². The molecule has 0 rings (SSSR count). The summed E-state index contributed by atoms with van der Waals surface area (Å²) in [7, 11) is 1.48. The molecule has 0 heterocycles. The van der Waals surface area contributed by atoms with Crippen molar-refractivity contribution >= 4 is 35.1 Å². The van der Waals surface area contributed by atoms with Gasteiger partial charge in [0.2, 0.25) is 0 Å². The van der Waals surface area contributed by atoms with Crippen molar-refractivity contribution in [2.45, 2.75) is 19.4 Å². The van der Waals surface area contributed by atoms with Crippen molar-refractivity contribution in [1.29, 1.82) is 0 Å². The molecule has 72 valence electrons. The maximum Gasteiger partial charge on any atom is 0.389 e. The summed E-state index contributed by atoms with van der Waals surface area (Å²) < 4.78 is 9.57. The van der Waals surface area contributed by atoms with Gasteiger partial charge in [0.25, 0.3) is 0 Å². The lowest BCUT2D eigenvalue weighted by molar-refractivity contribution is -0.140. The van der Waals surface area contributed by atoms with Crippen LogP contribution in [0.4, 0.5) is 0 Å². The van der Waals surface area contributed by atoms with Crippen molar-refractivity contribution in [1.82, 2.24) is 0 Å². The zero-order chi connectivity index (χ0) is 9.61. The highest BCUT2D eigenvalue weighted by Gasteiger charge is 2.28. The third-order valence-electron chi connectivity index (χ3n) is 1.22. The number of hydrogen-bond donors (Lipinski definition) is 0. The van der Waals surface area contributed by atoms with E-state index in [0.29, 0.717) is 19.1 Å². The third kappa shape index (κ3) is 6.91. The number of ether oxygens (including phenoxy) is 1. The maximum absolute atomic E-state index is 10.3. The summed E-state index contributed by atoms with van der Waals surface area (Å²) in [6.45, 7) is -0.779. The van der Waals surface area contributed by atoms with E-state index in [-0.39, 0.29) is 5.97 Å². The van der Waals surface area contributed by atoms with Crippen LogP contribution in [0.5, 0.6) is 0 Å². The van der Waals surface area contributed by atoms with Crippen LogP contribution < -0.4 is 0 Å². The average molecular weight is 231 g/mol. The second-order valence-corrected chi connectivity index (χ2v) is 8.71. The molecular formula is C6H12Cl2O3Si. The van der Waals surface area contributed by atoms with Crippen LogP contribution in [0.1, 0.15) is 13.3 Å². The van der Waals surface area contributed by atoms with Crippen LogP contribution in [0, 0.1) is 0 Å². The Morgan fingerprint density at radius 1 is 1.50 bits per heavy atom. The summed E-state index contributed by atoms with van der Waals surface area (Å²) in [5.41, 5.74) is 0. The highest BCUT2D eigenvalue weighted by atomic mass is 35.7. The number of carbonyl (C=O) groups is 1. The average Bonchev–Trinajstić information content (AvgIpc) is 1.98. The summed E-state index contributed by atoms with van der Waals surface area (Å²) >= 11 is 11.6. The van der Waals surface area contributed by atoms with Crippen molar-refractivity contribution in [3.05, 3.63) is 0 Å². The first kappa shape index (κ1) is 12.2. The van der Waals surface area contributed by atoms with Crippen molar-refractivity contribution in [2.75, 3.05) is 13.7 Å². The minimum absolute atomic E-state index is 0.288. The fourth-order valence-corrected chi connectivity index (χ4v) is 2.16. The zero-order valence-electron chi connectivity index (χ0n) is 7.10. The summed E-state index contributed by atoms with van der Waals surface area (Å²) in [6.07, 6.45) is 0.645. The maximum atomic E-state index is 10.3. The molecule has 0 aliphatic heterocycles. The number of esters is 1. The molecule has 0 atom stereocenters. The van der Waals surface area contributed by atoms with Crippen molar-refractivity contribution < 1.29 is 14.0 Å². The normalized spacial score (nSPS) is 11.3. The Bertz CT molecular complexity index is 152. The summed E-state index contributed by atoms with van der Waals surface area (Å²) in [5, 5.41) is 0. The van der Waals surface area contributed by atoms with Gasteiger partial charge in [-0.3, -0.25) is 4.79 Å². The zero-order valence-corrected chi connectivity index (χ0v) is 9.61. The molecule has 0 N–H and O–H groups in total. The molecule has 3 nitrogen and oxygen atoms in total. The lowest BCUT2D eigenvalue weighted by Crippen LogP contribution is -2.22. The Hall–Kier alpha value is 0.227. The highest BCUT2D eigenvalue weighted by molar-refractivity contribution is 7.42. The van der Waals surface area contributed by atoms with Crippen molar-refractivity contribution in [2.24, 2.45) is 0 Å². The van der Waals surface area contributed by atoms with Crippen LogP contribution in [0.2, 0.25) is 6.04 Å². The largest absolute Gasteiger partial charge is 0.466 e. The standard InChI is InChI=1S/C6H12Cl2O3Si/c1-6(9)11-4-3-5-12(7,8)10-2/h3-5H2,1-2H3. The van der Waals surface area contributed by atoms with Crippen molar-refractivity contribution in [3.8, 4) is 0 Å². The Labute approximate surface area is 82.5 Å². The first-order valence-corrected chi connectivity index (χ1v) is 7.68. The molecule has 0 aromatic heterocycles. The number of rotatable bonds is 5. The number of carbonyl (C=O) groups excluding carboxylic acids is 1. The van der Waals surface area contributed by atoms with Gasteiger partial charge in [-0.15, -0.1) is 22.2 Å². The molecule has 0 spiro atoms. The van der Waals surface area contributed by atoms with E-state index >= 15 is 0 Å². The number of hydrogen-bond acceptors (Lipinski definition) is 3. The van der Waals surface area contributed by atoms with Gasteiger partial charge in [-0.2, -0.15) is 0 Å². The molecule has 0 saturated carbocycles. The topological polar surface area (TPSA) is 35.5 Å². The smallest absolute Gasteiger partial charge is 0.389 e. The van der Waals surface area contributed by atoms with Crippen LogP contribution in [-0.4, -0.2) is 26.6 Å². The van der Waals surface area contributed by atoms with Gasteiger partial charge in [0, 0.05) is 14.0 Å². The van der Waals surface area contributed by atoms with Gasteiger partial charge in [0.15, 0.2) is 0 Å². The Kier molecular flexibility index (Phi) is 5.91. The van der Waals surface area contributed by atoms with Crippen LogP contribution in [0.15, 0.2) is 0 Å². The molecule has 0 bridgehead atoms. The van der Waals surface area contributed by atoms with Gasteiger partial charge < -0.3 is 9.16 Å². The number of halogens is 2. The second-order valence-electron chi connectivity index (χ2n) is 2.29. The molecule has 0 fully saturated rings. The fourth-order valence-electron chi connectivity index (χ4n) is 0.596. The molecule has 0 aromatic rings. The molecule has 0 unspecified atom stereocenters. The summed E-state index contributed by atoms with van der Waals surface area (Å²) in [4.78, 5) is 10.3. The molecule has 0 aliphatic carbocycles. The van der Waals surface area contributed by atoms with Crippen LogP contribution in [0.25, 0.3) is 0 Å². The predicted molar refractivity (Wildman–Crippen MR) is 50.5 cm³/mol. The lowest BCUT2D eigenvalue weighted by atomic mass is 10.5. The van der Waals surface area contributed by atoms with Gasteiger partial charge in [-0.05, 0) is 12.5 Å². The van der Waals surface area contributed by atoms with E-state index in [1.54, 1.807) is 0 Å². The van der Waals surface area contributed by atoms with E-state index in [4.69, 9.17) is 31.3 Å². The van der Waals surface area contributed by atoms with E-state index in [1.807, 2.05) is 0 Å². The Balaban J connectivity index is 3.37. The first-order valence-electron chi connectivity index (χ1n) is 3.54. The molecule has 0 amide bonds. The van der Waals surface area contributed by atoms with E-state index in [2.05, 4.69) is 0 Å². The SMILES string of the molecule is CO[Si](Cl)(Cl)CCCOC(C)=O. The van der Waals surface area contributed by atoms with Gasteiger partial charge in [0.05, 0.1) is 6.61 Å². The van der Waals surface area contributed by atoms with Crippen LogP contribution in [-0.2, 0) is 14.0 Å². The fraction of sp³-hybridized carbons (Fsp3) is 0.833. The molecule has 0 radical (unpaired) electrons. The Morgan fingerprint density at radius 3 is 2.50 bits per heavy atom. The van der Waals surface area contributed by atoms with E-state index in [0.717, 1.165) is 0 Å². The van der Waals surface area contributed by atoms with Crippen molar-refractivity contribution in [3.63, 3.8) is 0 Å². The monoisotopic (exact) mass is 230 g/mol. The third-order valence-corrected chi connectivity index (χ3v) is 4.81. The molecule has 6 heteroatoms. The molecule has 0 aromatic carbocycles. The molecule has 0 saturated heterocycles. The lowest BCUT2D eigenvalue weighted by Gasteiger charge is -2.12.